The van der Waals surface area contributed by atoms with E-state index in [1.807, 2.05) is 0 Å². The molecule has 4 bridgehead atoms. The van der Waals surface area contributed by atoms with Crippen LogP contribution < -0.4 is 44.2 Å². The highest BCUT2D eigenvalue weighted by Crippen LogP contribution is 2.31. The summed E-state index contributed by atoms with van der Waals surface area (Å²) < 4.78 is 0. The largest absolute Gasteiger partial charge is 0.508 e. The lowest BCUT2D eigenvalue weighted by molar-refractivity contribution is -0.134. The average molecular weight is 775 g/mol. The summed E-state index contributed by atoms with van der Waals surface area (Å²) in [6.45, 7) is 0.317. The molecule has 0 radical (unpaired) electrons. The van der Waals surface area contributed by atoms with Crippen molar-refractivity contribution in [3.05, 3.63) is 47.5 Å². The maximum atomic E-state index is 13.7. The molecule has 0 aliphatic carbocycles. The van der Waals surface area contributed by atoms with E-state index in [1.54, 1.807) is 24.3 Å². The standard InChI is InChI=1S/C30H44N8O7.4ClH/c31-7-1-2-22-29(44)37-23(30(45)38-24(14-20(39)15-33)28(43)35-9-8-32)13-19-11-17(4-6-26(19)41)16-3-5-25(40)18(10-16)12-21(34)27(42)36-22;;;;/h3-6,10-11,20-24,39-41H,1-2,7-9,12-15,31-34H2,(H,35,43)(H,36,42)(H,37,44)(H,38,45);4*1H/t20-,21-,22-,23-,24-;;;;/m0..../s1. The number of phenols is 2. The Bertz CT molecular complexity index is 1380. The smallest absolute Gasteiger partial charge is 0.243 e. The van der Waals surface area contributed by atoms with Crippen LogP contribution in [0.15, 0.2) is 36.4 Å². The van der Waals surface area contributed by atoms with Crippen molar-refractivity contribution in [3.8, 4) is 22.6 Å². The molecule has 5 atom stereocenters. The van der Waals surface area contributed by atoms with Crippen LogP contribution in [0, 0.1) is 0 Å². The normalized spacial score (nSPS) is 18.4. The minimum Gasteiger partial charge on any atom is -0.508 e. The Labute approximate surface area is 309 Å². The molecule has 2 aromatic carbocycles. The lowest BCUT2D eigenvalue weighted by Crippen LogP contribution is -2.59. The van der Waals surface area contributed by atoms with Gasteiger partial charge in [-0.15, -0.1) is 49.6 Å². The molecule has 49 heavy (non-hydrogen) atoms. The van der Waals surface area contributed by atoms with E-state index in [4.69, 9.17) is 22.9 Å². The number of carbonyl (C=O) groups excluding carboxylic acids is 4. The summed E-state index contributed by atoms with van der Waals surface area (Å²) in [5, 5.41) is 41.8. The molecule has 0 spiro atoms. The number of halogens is 4. The molecule has 278 valence electrons. The van der Waals surface area contributed by atoms with Crippen molar-refractivity contribution in [1.82, 2.24) is 21.3 Å². The number of aromatic hydroxyl groups is 2. The molecule has 15 nitrogen and oxygen atoms in total. The van der Waals surface area contributed by atoms with E-state index in [1.165, 1.54) is 12.1 Å². The number of hydrogen-bond donors (Lipinski definition) is 11. The topological polar surface area (TPSA) is 281 Å². The van der Waals surface area contributed by atoms with Crippen molar-refractivity contribution in [3.63, 3.8) is 0 Å². The number of phenolic OH excluding ortho intramolecular Hbond substituents is 2. The summed E-state index contributed by atoms with van der Waals surface area (Å²) in [6, 6.07) is 4.69. The summed E-state index contributed by atoms with van der Waals surface area (Å²) in [6.07, 6.45) is -1.08. The van der Waals surface area contributed by atoms with Crippen LogP contribution in [0.4, 0.5) is 0 Å². The molecule has 1 heterocycles. The summed E-state index contributed by atoms with van der Waals surface area (Å²) in [5.74, 6) is -2.99. The predicted molar refractivity (Wildman–Crippen MR) is 195 cm³/mol. The van der Waals surface area contributed by atoms with Crippen LogP contribution in [0.1, 0.15) is 30.4 Å². The molecular formula is C30H48Cl4N8O7. The van der Waals surface area contributed by atoms with Crippen LogP contribution >= 0.6 is 49.6 Å². The van der Waals surface area contributed by atoms with Gasteiger partial charge in [0.15, 0.2) is 0 Å². The van der Waals surface area contributed by atoms with Crippen LogP contribution in [-0.4, -0.2) is 95.4 Å². The quantitative estimate of drug-likeness (QED) is 0.130. The van der Waals surface area contributed by atoms with Crippen LogP contribution in [-0.2, 0) is 32.0 Å². The zero-order chi connectivity index (χ0) is 33.1. The fourth-order valence-electron chi connectivity index (χ4n) is 4.95. The van der Waals surface area contributed by atoms with E-state index < -0.39 is 53.9 Å². The fourth-order valence-corrected chi connectivity index (χ4v) is 4.95. The molecule has 0 fully saturated rings. The van der Waals surface area contributed by atoms with Gasteiger partial charge in [-0.1, -0.05) is 12.1 Å². The number of nitrogens with one attached hydrogen (secondary N) is 4. The predicted octanol–water partition coefficient (Wildman–Crippen LogP) is -1.14. The van der Waals surface area contributed by atoms with E-state index in [0.717, 1.165) is 0 Å². The SMILES string of the molecule is Cl.Cl.Cl.Cl.NCCC[C@@H]1NC(=O)[C@@H](N)Cc2cc(ccc2O)-c2ccc(O)c(c2)C[C@@H](C(=O)N[C@@H](C[C@H](O)CN)C(=O)NCCN)NC1=O. The maximum absolute atomic E-state index is 13.7. The van der Waals surface area contributed by atoms with Gasteiger partial charge in [0, 0.05) is 38.9 Å². The van der Waals surface area contributed by atoms with Gasteiger partial charge in [-0.2, -0.15) is 0 Å². The van der Waals surface area contributed by atoms with Crippen molar-refractivity contribution in [1.29, 1.82) is 0 Å². The van der Waals surface area contributed by atoms with Crippen molar-refractivity contribution in [2.24, 2.45) is 22.9 Å². The number of nitrogens with two attached hydrogens (primary N) is 4. The van der Waals surface area contributed by atoms with Crippen LogP contribution in [0.3, 0.4) is 0 Å². The zero-order valence-corrected chi connectivity index (χ0v) is 29.9. The molecule has 2 aromatic rings. The number of rotatable bonds is 11. The molecule has 3 rings (SSSR count). The number of amides is 4. The second-order valence-electron chi connectivity index (χ2n) is 11.0. The Kier molecular flexibility index (Phi) is 22.8. The molecule has 0 aromatic heterocycles. The Morgan fingerprint density at radius 2 is 1.43 bits per heavy atom. The van der Waals surface area contributed by atoms with Gasteiger partial charge < -0.3 is 59.5 Å². The number of fused-ring (bicyclic) bond motifs is 5. The number of aliphatic hydroxyl groups excluding tert-OH is 1. The first-order valence-electron chi connectivity index (χ1n) is 14.8. The average Bonchev–Trinajstić information content (AvgIpc) is 3.02. The highest BCUT2D eigenvalue weighted by atomic mass is 35.5. The first kappa shape index (κ1) is 48.0. The van der Waals surface area contributed by atoms with E-state index >= 15 is 0 Å². The molecule has 0 saturated carbocycles. The third-order valence-electron chi connectivity index (χ3n) is 7.51. The van der Waals surface area contributed by atoms with Gasteiger partial charge in [0.05, 0.1) is 12.1 Å². The fraction of sp³-hybridized carbons (Fsp3) is 0.467. The van der Waals surface area contributed by atoms with Crippen molar-refractivity contribution in [2.45, 2.75) is 62.4 Å². The first-order chi connectivity index (χ1) is 21.5. The highest BCUT2D eigenvalue weighted by molar-refractivity contribution is 5.95. The molecule has 15 N–H and O–H groups in total. The number of hydrogen-bond acceptors (Lipinski definition) is 11. The van der Waals surface area contributed by atoms with Gasteiger partial charge in [-0.25, -0.2) is 0 Å². The molecule has 0 unspecified atom stereocenters. The zero-order valence-electron chi connectivity index (χ0n) is 26.6. The molecule has 0 saturated heterocycles. The van der Waals surface area contributed by atoms with Gasteiger partial charge in [0.2, 0.25) is 23.6 Å². The van der Waals surface area contributed by atoms with Gasteiger partial charge >= 0.3 is 0 Å². The van der Waals surface area contributed by atoms with E-state index in [0.29, 0.717) is 28.7 Å². The van der Waals surface area contributed by atoms with Gasteiger partial charge in [-0.3, -0.25) is 19.2 Å². The second-order valence-corrected chi connectivity index (χ2v) is 11.0. The third-order valence-corrected chi connectivity index (χ3v) is 7.51. The van der Waals surface area contributed by atoms with E-state index in [2.05, 4.69) is 21.3 Å². The Hall–Kier alpha value is -3.12. The molecule has 4 amide bonds. The van der Waals surface area contributed by atoms with Crippen LogP contribution in [0.5, 0.6) is 11.5 Å². The van der Waals surface area contributed by atoms with Crippen LogP contribution in [0.25, 0.3) is 11.1 Å². The van der Waals surface area contributed by atoms with Crippen LogP contribution in [0.2, 0.25) is 0 Å². The lowest BCUT2D eigenvalue weighted by atomic mass is 9.95. The summed E-state index contributed by atoms with van der Waals surface area (Å²) in [7, 11) is 0. The Morgan fingerprint density at radius 1 is 0.857 bits per heavy atom. The van der Waals surface area contributed by atoms with Crippen molar-refractivity contribution >= 4 is 73.3 Å². The lowest BCUT2D eigenvalue weighted by Gasteiger charge is -2.27. The minimum atomic E-state index is -1.34. The van der Waals surface area contributed by atoms with Crippen molar-refractivity contribution < 1.29 is 34.5 Å². The second kappa shape index (κ2) is 23.3. The summed E-state index contributed by atoms with van der Waals surface area (Å²) in [4.78, 5) is 53.3. The monoisotopic (exact) mass is 772 g/mol. The van der Waals surface area contributed by atoms with Crippen molar-refractivity contribution in [2.75, 3.05) is 26.2 Å². The Balaban J connectivity index is 0. The van der Waals surface area contributed by atoms with Gasteiger partial charge in [0.25, 0.3) is 0 Å². The number of benzene rings is 2. The van der Waals surface area contributed by atoms with E-state index in [-0.39, 0.29) is 113 Å². The number of aliphatic hydroxyl groups is 1. The van der Waals surface area contributed by atoms with E-state index in [9.17, 15) is 34.5 Å². The summed E-state index contributed by atoms with van der Waals surface area (Å²) >= 11 is 0. The summed E-state index contributed by atoms with van der Waals surface area (Å²) in [5.41, 5.74) is 24.8. The molecule has 1 aliphatic rings. The first-order valence-corrected chi connectivity index (χ1v) is 14.8. The van der Waals surface area contributed by atoms with Gasteiger partial charge in [0.1, 0.15) is 29.6 Å². The molecular weight excluding hydrogens is 726 g/mol. The maximum Gasteiger partial charge on any atom is 0.243 e. The minimum absolute atomic E-state index is 0. The third kappa shape index (κ3) is 14.0. The highest BCUT2D eigenvalue weighted by Gasteiger charge is 2.32. The van der Waals surface area contributed by atoms with Gasteiger partial charge in [-0.05, 0) is 65.9 Å². The molecule has 1 aliphatic heterocycles. The Morgan fingerprint density at radius 3 is 1.96 bits per heavy atom. The number of carbonyl (C=O) groups is 4. The molecule has 19 heteroatoms.